The Bertz CT molecular complexity index is 1400. The zero-order valence-electron chi connectivity index (χ0n) is 21.5. The van der Waals surface area contributed by atoms with E-state index in [1.165, 1.54) is 17.0 Å². The van der Waals surface area contributed by atoms with Gasteiger partial charge in [-0.25, -0.2) is 9.78 Å². The van der Waals surface area contributed by atoms with Gasteiger partial charge in [0.05, 0.1) is 35.1 Å². The quantitative estimate of drug-likeness (QED) is 0.268. The summed E-state index contributed by atoms with van der Waals surface area (Å²) in [7, 11) is -1.28. The highest BCUT2D eigenvalue weighted by Crippen LogP contribution is 2.42. The summed E-state index contributed by atoms with van der Waals surface area (Å²) in [6, 6.07) is 11.4. The lowest BCUT2D eigenvalue weighted by Crippen LogP contribution is -2.47. The summed E-state index contributed by atoms with van der Waals surface area (Å²) >= 11 is 0. The molecule has 2 aliphatic heterocycles. The molecule has 6 nitrogen and oxygen atoms in total. The second-order valence-electron chi connectivity index (χ2n) is 11.2. The molecule has 4 heterocycles. The normalized spacial score (nSPS) is 19.0. The molecule has 0 spiro atoms. The third kappa shape index (κ3) is 3.85. The van der Waals surface area contributed by atoms with Crippen LogP contribution in [0, 0.1) is 0 Å². The number of para-hydroxylation sites is 1. The standard InChI is InChI=1S/C28H34N2O4Si/c1-7-28(34-17(2)3)22-14-24-25-20(15-30(24)26(31)21(22)16-33-27(28)32)18(12-13-35(4,5)6)19-10-8-9-11-23(19)29-25/h8-11,14,17H,7,12-13,15-16H2,1-6H3/t28-/m0/s1. The first-order valence-corrected chi connectivity index (χ1v) is 16.3. The van der Waals surface area contributed by atoms with Gasteiger partial charge in [0.1, 0.15) is 6.61 Å². The topological polar surface area (TPSA) is 70.4 Å². The lowest BCUT2D eigenvalue weighted by Gasteiger charge is -2.37. The highest BCUT2D eigenvalue weighted by Gasteiger charge is 2.48. The molecule has 0 bridgehead atoms. The Labute approximate surface area is 207 Å². The van der Waals surface area contributed by atoms with Gasteiger partial charge in [0.15, 0.2) is 5.60 Å². The zero-order chi connectivity index (χ0) is 25.1. The molecule has 0 radical (unpaired) electrons. The Morgan fingerprint density at radius 3 is 2.60 bits per heavy atom. The average molecular weight is 491 g/mol. The van der Waals surface area contributed by atoms with Gasteiger partial charge in [0, 0.05) is 24.6 Å². The summed E-state index contributed by atoms with van der Waals surface area (Å²) in [5.74, 6) is -0.425. The fraction of sp³-hybridized carbons (Fsp3) is 0.464. The maximum Gasteiger partial charge on any atom is 0.343 e. The SMILES string of the molecule is CC[C@@]1(OC(C)C)C(=O)OCc2c1cc1n(c2=O)Cc2c-1nc1ccccc1c2CC[Si](C)(C)C. The molecule has 3 aromatic rings. The van der Waals surface area contributed by atoms with Crippen molar-refractivity contribution in [1.29, 1.82) is 0 Å². The fourth-order valence-electron chi connectivity index (χ4n) is 5.48. The number of pyridine rings is 2. The first kappa shape index (κ1) is 23.9. The largest absolute Gasteiger partial charge is 0.458 e. The summed E-state index contributed by atoms with van der Waals surface area (Å²) in [6.45, 7) is 13.3. The van der Waals surface area contributed by atoms with Gasteiger partial charge in [-0.15, -0.1) is 0 Å². The minimum absolute atomic E-state index is 0.0231. The molecule has 0 N–H and O–H groups in total. The predicted octanol–water partition coefficient (Wildman–Crippen LogP) is 5.39. The Morgan fingerprint density at radius 1 is 1.17 bits per heavy atom. The maximum atomic E-state index is 13.8. The monoisotopic (exact) mass is 490 g/mol. The van der Waals surface area contributed by atoms with Gasteiger partial charge in [0.2, 0.25) is 0 Å². The van der Waals surface area contributed by atoms with Crippen LogP contribution in [0.15, 0.2) is 35.1 Å². The molecule has 35 heavy (non-hydrogen) atoms. The van der Waals surface area contributed by atoms with Gasteiger partial charge in [0.25, 0.3) is 5.56 Å². The molecule has 0 unspecified atom stereocenters. The summed E-state index contributed by atoms with van der Waals surface area (Å²) in [6.07, 6.45) is 1.16. The van der Waals surface area contributed by atoms with Crippen molar-refractivity contribution in [2.24, 2.45) is 0 Å². The predicted molar refractivity (Wildman–Crippen MR) is 140 cm³/mol. The Kier molecular flexibility index (Phi) is 5.76. The van der Waals surface area contributed by atoms with Gasteiger partial charge in [-0.2, -0.15) is 0 Å². The van der Waals surface area contributed by atoms with E-state index in [1.807, 2.05) is 43.5 Å². The van der Waals surface area contributed by atoms with Crippen LogP contribution < -0.4 is 5.56 Å². The zero-order valence-corrected chi connectivity index (χ0v) is 22.5. The smallest absolute Gasteiger partial charge is 0.343 e. The van der Waals surface area contributed by atoms with Gasteiger partial charge in [-0.05, 0) is 44.4 Å². The van der Waals surface area contributed by atoms with Crippen LogP contribution in [0.25, 0.3) is 22.3 Å². The Hall–Kier alpha value is -2.77. The molecule has 0 saturated carbocycles. The number of carbonyl (C=O) groups is 1. The summed E-state index contributed by atoms with van der Waals surface area (Å²) < 4.78 is 13.5. The molecule has 0 fully saturated rings. The maximum absolute atomic E-state index is 13.8. The van der Waals surface area contributed by atoms with E-state index in [2.05, 4.69) is 31.8 Å². The van der Waals surface area contributed by atoms with Crippen LogP contribution in [0.4, 0.5) is 0 Å². The molecule has 0 amide bonds. The molecular formula is C28H34N2O4Si. The van der Waals surface area contributed by atoms with Crippen molar-refractivity contribution in [2.45, 2.75) is 84.2 Å². The van der Waals surface area contributed by atoms with Gasteiger partial charge >= 0.3 is 5.97 Å². The van der Waals surface area contributed by atoms with Crippen LogP contribution in [0.3, 0.4) is 0 Å². The van der Waals surface area contributed by atoms with Gasteiger partial charge < -0.3 is 14.0 Å². The molecular weight excluding hydrogens is 456 g/mol. The summed E-state index contributed by atoms with van der Waals surface area (Å²) in [5.41, 5.74) is 4.72. The number of esters is 1. The molecule has 1 aromatic carbocycles. The van der Waals surface area contributed by atoms with Gasteiger partial charge in [-0.1, -0.05) is 50.8 Å². The number of cyclic esters (lactones) is 1. The van der Waals surface area contributed by atoms with Gasteiger partial charge in [-0.3, -0.25) is 4.79 Å². The third-order valence-electron chi connectivity index (χ3n) is 7.24. The van der Waals surface area contributed by atoms with Crippen molar-refractivity contribution < 1.29 is 14.3 Å². The van der Waals surface area contributed by atoms with E-state index in [0.29, 0.717) is 24.1 Å². The second kappa shape index (κ2) is 8.42. The lowest BCUT2D eigenvalue weighted by atomic mass is 9.85. The molecule has 5 rings (SSSR count). The molecule has 184 valence electrons. The first-order valence-electron chi connectivity index (χ1n) is 12.6. The van der Waals surface area contributed by atoms with E-state index in [-0.39, 0.29) is 18.3 Å². The van der Waals surface area contributed by atoms with Crippen molar-refractivity contribution in [1.82, 2.24) is 9.55 Å². The molecule has 0 aliphatic carbocycles. The van der Waals surface area contributed by atoms with Crippen LogP contribution >= 0.6 is 0 Å². The molecule has 7 heteroatoms. The first-order chi connectivity index (χ1) is 16.6. The van der Waals surface area contributed by atoms with Crippen molar-refractivity contribution in [3.63, 3.8) is 0 Å². The van der Waals surface area contributed by atoms with E-state index >= 15 is 0 Å². The van der Waals surface area contributed by atoms with Crippen LogP contribution in [-0.2, 0) is 39.4 Å². The van der Waals surface area contributed by atoms with E-state index in [1.54, 1.807) is 0 Å². The minimum atomic E-state index is -1.28. The van der Waals surface area contributed by atoms with Crippen molar-refractivity contribution in [2.75, 3.05) is 0 Å². The third-order valence-corrected chi connectivity index (χ3v) is 8.99. The van der Waals surface area contributed by atoms with E-state index in [0.717, 1.165) is 28.9 Å². The number of carbonyl (C=O) groups excluding carboxylic acids is 1. The van der Waals surface area contributed by atoms with E-state index in [9.17, 15) is 9.59 Å². The van der Waals surface area contributed by atoms with Crippen LogP contribution in [0.5, 0.6) is 0 Å². The number of aryl methyl sites for hydroxylation is 1. The highest BCUT2D eigenvalue weighted by molar-refractivity contribution is 6.76. The number of ether oxygens (including phenoxy) is 2. The second-order valence-corrected chi connectivity index (χ2v) is 16.9. The number of hydrogen-bond acceptors (Lipinski definition) is 5. The highest BCUT2D eigenvalue weighted by atomic mass is 28.3. The number of nitrogens with zero attached hydrogens (tertiary/aromatic N) is 2. The lowest BCUT2D eigenvalue weighted by molar-refractivity contribution is -0.187. The number of rotatable bonds is 6. The number of hydrogen-bond donors (Lipinski definition) is 0. The average Bonchev–Trinajstić information content (AvgIpc) is 3.16. The Balaban J connectivity index is 1.76. The molecule has 1 atom stereocenters. The molecule has 0 saturated heterocycles. The molecule has 2 aliphatic rings. The van der Waals surface area contributed by atoms with Crippen molar-refractivity contribution in [3.05, 3.63) is 62.9 Å². The number of benzene rings is 1. The molecule has 2 aromatic heterocycles. The number of fused-ring (bicyclic) bond motifs is 5. The fourth-order valence-corrected chi connectivity index (χ4v) is 6.48. The van der Waals surface area contributed by atoms with Crippen LogP contribution in [-0.4, -0.2) is 29.7 Å². The Morgan fingerprint density at radius 2 is 1.91 bits per heavy atom. The van der Waals surface area contributed by atoms with Crippen molar-refractivity contribution >= 4 is 24.9 Å². The summed E-state index contributed by atoms with van der Waals surface area (Å²) in [4.78, 5) is 31.9. The summed E-state index contributed by atoms with van der Waals surface area (Å²) in [5, 5.41) is 1.17. The van der Waals surface area contributed by atoms with E-state index in [4.69, 9.17) is 14.5 Å². The minimum Gasteiger partial charge on any atom is -0.458 e. The van der Waals surface area contributed by atoms with Crippen LogP contribution in [0.1, 0.15) is 49.4 Å². The van der Waals surface area contributed by atoms with Crippen molar-refractivity contribution in [3.8, 4) is 11.4 Å². The van der Waals surface area contributed by atoms with Crippen LogP contribution in [0.2, 0.25) is 25.7 Å². The van der Waals surface area contributed by atoms with E-state index < -0.39 is 19.6 Å². The number of aromatic nitrogens is 2.